The van der Waals surface area contributed by atoms with Gasteiger partial charge in [0, 0.05) is 31.5 Å². The lowest BCUT2D eigenvalue weighted by Gasteiger charge is -2.30. The number of aryl methyl sites for hydroxylation is 1. The first kappa shape index (κ1) is 18.8. The lowest BCUT2D eigenvalue weighted by Crippen LogP contribution is -2.41. The van der Waals surface area contributed by atoms with Gasteiger partial charge in [-0.2, -0.15) is 0 Å². The summed E-state index contributed by atoms with van der Waals surface area (Å²) >= 11 is 0. The molecule has 0 bridgehead atoms. The predicted molar refractivity (Wildman–Crippen MR) is 96.6 cm³/mol. The van der Waals surface area contributed by atoms with Crippen molar-refractivity contribution in [3.63, 3.8) is 0 Å². The summed E-state index contributed by atoms with van der Waals surface area (Å²) in [4.78, 5) is 25.5. The van der Waals surface area contributed by atoms with Crippen molar-refractivity contribution in [2.24, 2.45) is 11.7 Å². The van der Waals surface area contributed by atoms with Crippen molar-refractivity contribution in [1.29, 1.82) is 0 Å². The number of carbonyl (C=O) groups is 2. The van der Waals surface area contributed by atoms with E-state index in [2.05, 4.69) is 4.72 Å². The molecule has 0 atom stereocenters. The second-order valence-corrected chi connectivity index (χ2v) is 8.81. The van der Waals surface area contributed by atoms with E-state index in [1.807, 2.05) is 0 Å². The zero-order valence-electron chi connectivity index (χ0n) is 14.7. The summed E-state index contributed by atoms with van der Waals surface area (Å²) in [5.41, 5.74) is 6.23. The molecule has 1 aromatic carbocycles. The Labute approximate surface area is 154 Å². The first-order valence-electron chi connectivity index (χ1n) is 9.03. The monoisotopic (exact) mass is 379 g/mol. The van der Waals surface area contributed by atoms with Crippen molar-refractivity contribution in [3.05, 3.63) is 29.8 Å². The van der Waals surface area contributed by atoms with E-state index in [0.717, 1.165) is 18.4 Å². The third kappa shape index (κ3) is 4.82. The molecule has 8 heteroatoms. The second-order valence-electron chi connectivity index (χ2n) is 7.10. The van der Waals surface area contributed by atoms with E-state index in [9.17, 15) is 18.0 Å². The van der Waals surface area contributed by atoms with Crippen molar-refractivity contribution in [1.82, 2.24) is 9.62 Å². The lowest BCUT2D eigenvalue weighted by atomic mass is 9.96. The summed E-state index contributed by atoms with van der Waals surface area (Å²) in [6.07, 6.45) is 3.98. The van der Waals surface area contributed by atoms with Crippen LogP contribution in [0.3, 0.4) is 0 Å². The second kappa shape index (κ2) is 7.75. The van der Waals surface area contributed by atoms with Gasteiger partial charge in [-0.15, -0.1) is 0 Å². The van der Waals surface area contributed by atoms with Gasteiger partial charge < -0.3 is 10.6 Å². The van der Waals surface area contributed by atoms with Crippen LogP contribution in [0.1, 0.15) is 37.7 Å². The summed E-state index contributed by atoms with van der Waals surface area (Å²) in [5.74, 6) is -0.360. The Hall–Kier alpha value is -1.93. The smallest absolute Gasteiger partial charge is 0.240 e. The van der Waals surface area contributed by atoms with Crippen molar-refractivity contribution >= 4 is 21.8 Å². The van der Waals surface area contributed by atoms with Gasteiger partial charge in [-0.05, 0) is 49.8 Å². The number of nitrogens with one attached hydrogen (secondary N) is 1. The number of likely N-dealkylation sites (tertiary alicyclic amines) is 1. The molecule has 26 heavy (non-hydrogen) atoms. The molecule has 0 unspecified atom stereocenters. The molecular weight excluding hydrogens is 354 g/mol. The van der Waals surface area contributed by atoms with Crippen molar-refractivity contribution in [3.8, 4) is 0 Å². The fourth-order valence-corrected chi connectivity index (χ4v) is 4.45. The van der Waals surface area contributed by atoms with E-state index in [1.54, 1.807) is 29.2 Å². The molecule has 0 spiro atoms. The maximum absolute atomic E-state index is 12.3. The number of primary amides is 1. The van der Waals surface area contributed by atoms with E-state index in [1.165, 1.54) is 0 Å². The predicted octanol–water partition coefficient (Wildman–Crippen LogP) is 0.784. The number of rotatable bonds is 7. The van der Waals surface area contributed by atoms with Crippen LogP contribution in [0.2, 0.25) is 0 Å². The zero-order valence-corrected chi connectivity index (χ0v) is 15.5. The number of benzene rings is 1. The van der Waals surface area contributed by atoms with Crippen LogP contribution in [0.4, 0.5) is 0 Å². The largest absolute Gasteiger partial charge is 0.369 e. The van der Waals surface area contributed by atoms with Gasteiger partial charge in [-0.3, -0.25) is 9.59 Å². The van der Waals surface area contributed by atoms with Gasteiger partial charge >= 0.3 is 0 Å². The zero-order chi connectivity index (χ0) is 18.7. The molecule has 3 rings (SSSR count). The highest BCUT2D eigenvalue weighted by Crippen LogP contribution is 2.22. The maximum atomic E-state index is 12.3. The third-order valence-electron chi connectivity index (χ3n) is 5.01. The third-order valence-corrected chi connectivity index (χ3v) is 6.55. The lowest BCUT2D eigenvalue weighted by molar-refractivity contribution is -0.134. The number of sulfonamides is 1. The van der Waals surface area contributed by atoms with Gasteiger partial charge in [0.1, 0.15) is 0 Å². The molecule has 142 valence electrons. The van der Waals surface area contributed by atoms with Crippen LogP contribution in [0.15, 0.2) is 29.2 Å². The minimum atomic E-state index is -3.44. The standard InChI is InChI=1S/C18H25N3O4S/c19-18(23)14-9-11-21(12-10-14)17(22)8-3-13-1-6-16(7-2-13)26(24,25)20-15-4-5-15/h1-2,6-7,14-15,20H,3-5,8-12H2,(H2,19,23). The van der Waals surface area contributed by atoms with Gasteiger partial charge in [-0.1, -0.05) is 12.1 Å². The van der Waals surface area contributed by atoms with Crippen LogP contribution in [0.5, 0.6) is 0 Å². The van der Waals surface area contributed by atoms with Gasteiger partial charge in [-0.25, -0.2) is 13.1 Å². The normalized spacial score (nSPS) is 18.7. The molecule has 3 N–H and O–H groups in total. The molecular formula is C18H25N3O4S. The summed E-state index contributed by atoms with van der Waals surface area (Å²) in [5, 5.41) is 0. The average Bonchev–Trinajstić information content (AvgIpc) is 3.43. The summed E-state index contributed by atoms with van der Waals surface area (Å²) in [7, 11) is -3.44. The molecule has 1 aliphatic carbocycles. The van der Waals surface area contributed by atoms with Crippen molar-refractivity contribution in [2.45, 2.75) is 49.5 Å². The first-order chi connectivity index (χ1) is 12.3. The number of piperidine rings is 1. The Bertz CT molecular complexity index is 764. The highest BCUT2D eigenvalue weighted by atomic mass is 32.2. The quantitative estimate of drug-likeness (QED) is 0.729. The molecule has 0 radical (unpaired) electrons. The van der Waals surface area contributed by atoms with Crippen molar-refractivity contribution < 1.29 is 18.0 Å². The van der Waals surface area contributed by atoms with Crippen molar-refractivity contribution in [2.75, 3.05) is 13.1 Å². The molecule has 1 aliphatic heterocycles. The number of nitrogens with two attached hydrogens (primary N) is 1. The highest BCUT2D eigenvalue weighted by Gasteiger charge is 2.28. The fourth-order valence-electron chi connectivity index (χ4n) is 3.15. The van der Waals surface area contributed by atoms with Crippen LogP contribution >= 0.6 is 0 Å². The van der Waals surface area contributed by atoms with Crippen LogP contribution in [-0.2, 0) is 26.0 Å². The Kier molecular flexibility index (Phi) is 5.62. The summed E-state index contributed by atoms with van der Waals surface area (Å²) in [6.45, 7) is 1.13. The first-order valence-corrected chi connectivity index (χ1v) is 10.5. The summed E-state index contributed by atoms with van der Waals surface area (Å²) < 4.78 is 26.9. The Balaban J connectivity index is 1.49. The minimum absolute atomic E-state index is 0.0556. The van der Waals surface area contributed by atoms with Crippen LogP contribution in [-0.4, -0.2) is 44.3 Å². The Morgan fingerprint density at radius 1 is 1.08 bits per heavy atom. The molecule has 1 saturated carbocycles. The Morgan fingerprint density at radius 2 is 1.69 bits per heavy atom. The molecule has 1 aromatic rings. The van der Waals surface area contributed by atoms with Crippen LogP contribution < -0.4 is 10.5 Å². The van der Waals surface area contributed by atoms with Gasteiger partial charge in [0.25, 0.3) is 0 Å². The molecule has 2 amide bonds. The van der Waals surface area contributed by atoms with Gasteiger partial charge in [0.05, 0.1) is 4.90 Å². The van der Waals surface area contributed by atoms with E-state index < -0.39 is 10.0 Å². The number of hydrogen-bond donors (Lipinski definition) is 2. The average molecular weight is 379 g/mol. The van der Waals surface area contributed by atoms with E-state index in [-0.39, 0.29) is 28.7 Å². The van der Waals surface area contributed by atoms with E-state index in [4.69, 9.17) is 5.73 Å². The molecule has 0 aromatic heterocycles. The number of nitrogens with zero attached hydrogens (tertiary/aromatic N) is 1. The molecule has 7 nitrogen and oxygen atoms in total. The van der Waals surface area contributed by atoms with E-state index in [0.29, 0.717) is 38.8 Å². The SMILES string of the molecule is NC(=O)C1CCN(C(=O)CCc2ccc(S(=O)(=O)NC3CC3)cc2)CC1. The topological polar surface area (TPSA) is 110 Å². The number of amides is 2. The highest BCUT2D eigenvalue weighted by molar-refractivity contribution is 7.89. The molecule has 1 heterocycles. The van der Waals surface area contributed by atoms with Gasteiger partial charge in [0.15, 0.2) is 0 Å². The van der Waals surface area contributed by atoms with Gasteiger partial charge in [0.2, 0.25) is 21.8 Å². The fraction of sp³-hybridized carbons (Fsp3) is 0.556. The van der Waals surface area contributed by atoms with Crippen LogP contribution in [0, 0.1) is 5.92 Å². The molecule has 1 saturated heterocycles. The Morgan fingerprint density at radius 3 is 2.23 bits per heavy atom. The maximum Gasteiger partial charge on any atom is 0.240 e. The number of carbonyl (C=O) groups excluding carboxylic acids is 2. The van der Waals surface area contributed by atoms with E-state index >= 15 is 0 Å². The minimum Gasteiger partial charge on any atom is -0.369 e. The molecule has 2 aliphatic rings. The summed E-state index contributed by atoms with van der Waals surface area (Å²) in [6, 6.07) is 6.77. The van der Waals surface area contributed by atoms with Crippen LogP contribution in [0.25, 0.3) is 0 Å². The number of hydrogen-bond acceptors (Lipinski definition) is 4. The molecule has 2 fully saturated rings.